The van der Waals surface area contributed by atoms with Crippen LogP contribution in [0.3, 0.4) is 0 Å². The number of hydrogen-bond donors (Lipinski definition) is 1. The number of hydrogen-bond acceptors (Lipinski definition) is 4. The van der Waals surface area contributed by atoms with E-state index in [1.54, 1.807) is 18.3 Å². The number of rotatable bonds is 7. The second-order valence-electron chi connectivity index (χ2n) is 6.40. The number of nitrogens with zero attached hydrogens (tertiary/aromatic N) is 2. The minimum absolute atomic E-state index is 0.0801. The minimum Gasteiger partial charge on any atom is -0.493 e. The Bertz CT molecular complexity index is 715. The van der Waals surface area contributed by atoms with Crippen molar-refractivity contribution in [1.29, 1.82) is 0 Å². The van der Waals surface area contributed by atoms with Crippen LogP contribution in [0, 0.1) is 5.82 Å². The molecule has 0 radical (unpaired) electrons. The van der Waals surface area contributed by atoms with Gasteiger partial charge in [-0.15, -0.1) is 0 Å². The Labute approximate surface area is 153 Å². The van der Waals surface area contributed by atoms with Crippen molar-refractivity contribution in [2.75, 3.05) is 24.6 Å². The van der Waals surface area contributed by atoms with Crippen molar-refractivity contribution in [2.45, 2.75) is 32.2 Å². The molecule has 0 unspecified atom stereocenters. The van der Waals surface area contributed by atoms with E-state index in [1.807, 2.05) is 12.1 Å². The van der Waals surface area contributed by atoms with E-state index in [-0.39, 0.29) is 24.8 Å². The van der Waals surface area contributed by atoms with Crippen LogP contribution in [0.2, 0.25) is 0 Å². The molecule has 3 rings (SSSR count). The Morgan fingerprint density at radius 3 is 2.69 bits per heavy atom. The van der Waals surface area contributed by atoms with Crippen molar-refractivity contribution in [3.63, 3.8) is 0 Å². The molecule has 0 atom stereocenters. The van der Waals surface area contributed by atoms with Crippen LogP contribution in [0.1, 0.15) is 31.2 Å². The highest BCUT2D eigenvalue weighted by molar-refractivity contribution is 5.76. The maximum Gasteiger partial charge on any atom is 0.223 e. The van der Waals surface area contributed by atoms with Gasteiger partial charge in [0.05, 0.1) is 13.0 Å². The summed E-state index contributed by atoms with van der Waals surface area (Å²) in [6.07, 6.45) is 5.74. The molecule has 138 valence electrons. The Morgan fingerprint density at radius 1 is 1.15 bits per heavy atom. The van der Waals surface area contributed by atoms with Crippen LogP contribution in [0.15, 0.2) is 42.6 Å². The van der Waals surface area contributed by atoms with Gasteiger partial charge in [0.1, 0.15) is 17.4 Å². The van der Waals surface area contributed by atoms with Gasteiger partial charge in [0.15, 0.2) is 0 Å². The van der Waals surface area contributed by atoms with Crippen LogP contribution in [0.4, 0.5) is 10.2 Å². The number of ether oxygens (including phenoxy) is 1. The molecule has 1 aliphatic heterocycles. The van der Waals surface area contributed by atoms with E-state index < -0.39 is 0 Å². The predicted octanol–water partition coefficient (Wildman–Crippen LogP) is 3.30. The molecule has 0 aliphatic carbocycles. The van der Waals surface area contributed by atoms with Crippen molar-refractivity contribution in [3.05, 3.63) is 54.0 Å². The van der Waals surface area contributed by atoms with Gasteiger partial charge in [-0.25, -0.2) is 9.37 Å². The van der Waals surface area contributed by atoms with E-state index in [1.165, 1.54) is 31.4 Å². The highest BCUT2D eigenvalue weighted by Gasteiger charge is 2.12. The Kier molecular flexibility index (Phi) is 6.41. The molecular weight excluding hydrogens is 333 g/mol. The molecule has 2 aromatic rings. The van der Waals surface area contributed by atoms with Crippen molar-refractivity contribution < 1.29 is 13.9 Å². The lowest BCUT2D eigenvalue weighted by Gasteiger charge is -2.27. The van der Waals surface area contributed by atoms with Gasteiger partial charge in [-0.1, -0.05) is 0 Å². The first-order chi connectivity index (χ1) is 12.7. The smallest absolute Gasteiger partial charge is 0.223 e. The molecule has 1 amide bonds. The van der Waals surface area contributed by atoms with Crippen LogP contribution in [-0.4, -0.2) is 30.6 Å². The third-order valence-electron chi connectivity index (χ3n) is 4.39. The molecule has 1 aromatic carbocycles. The van der Waals surface area contributed by atoms with Crippen LogP contribution < -0.4 is 15.0 Å². The molecule has 2 heterocycles. The van der Waals surface area contributed by atoms with Gasteiger partial charge in [0.2, 0.25) is 5.91 Å². The van der Waals surface area contributed by atoms with Gasteiger partial charge in [-0.05, 0) is 61.2 Å². The predicted molar refractivity (Wildman–Crippen MR) is 98.7 cm³/mol. The van der Waals surface area contributed by atoms with E-state index in [0.717, 1.165) is 24.5 Å². The van der Waals surface area contributed by atoms with Crippen molar-refractivity contribution in [2.24, 2.45) is 0 Å². The molecule has 0 bridgehead atoms. The first-order valence-electron chi connectivity index (χ1n) is 9.06. The van der Waals surface area contributed by atoms with Crippen LogP contribution in [0.25, 0.3) is 0 Å². The molecule has 0 saturated carbocycles. The largest absolute Gasteiger partial charge is 0.493 e. The van der Waals surface area contributed by atoms with Crippen molar-refractivity contribution in [1.82, 2.24) is 10.3 Å². The molecule has 1 N–H and O–H groups in total. The minimum atomic E-state index is -0.309. The summed E-state index contributed by atoms with van der Waals surface area (Å²) in [5.74, 6) is 1.15. The lowest BCUT2D eigenvalue weighted by atomic mass is 10.1. The summed E-state index contributed by atoms with van der Waals surface area (Å²) in [6.45, 7) is 2.82. The Hall–Kier alpha value is -2.63. The van der Waals surface area contributed by atoms with Crippen molar-refractivity contribution in [3.8, 4) is 5.75 Å². The number of anilines is 1. The monoisotopic (exact) mass is 357 g/mol. The fourth-order valence-electron chi connectivity index (χ4n) is 2.95. The Morgan fingerprint density at radius 2 is 1.92 bits per heavy atom. The quantitative estimate of drug-likeness (QED) is 0.826. The van der Waals surface area contributed by atoms with Gasteiger partial charge < -0.3 is 15.0 Å². The van der Waals surface area contributed by atoms with Gasteiger partial charge in [0, 0.05) is 25.8 Å². The number of piperidine rings is 1. The molecule has 1 aliphatic rings. The van der Waals surface area contributed by atoms with Crippen LogP contribution >= 0.6 is 0 Å². The Balaban J connectivity index is 1.41. The van der Waals surface area contributed by atoms with Crippen LogP contribution in [0.5, 0.6) is 5.75 Å². The third kappa shape index (κ3) is 5.44. The third-order valence-corrected chi connectivity index (χ3v) is 4.39. The van der Waals surface area contributed by atoms with E-state index in [0.29, 0.717) is 12.3 Å². The molecule has 1 fully saturated rings. The maximum absolute atomic E-state index is 12.8. The van der Waals surface area contributed by atoms with E-state index >= 15 is 0 Å². The molecule has 5 nitrogen and oxygen atoms in total. The van der Waals surface area contributed by atoms with Crippen LogP contribution in [-0.2, 0) is 11.3 Å². The number of amides is 1. The van der Waals surface area contributed by atoms with Gasteiger partial charge in [-0.2, -0.15) is 0 Å². The summed E-state index contributed by atoms with van der Waals surface area (Å²) >= 11 is 0. The highest BCUT2D eigenvalue weighted by atomic mass is 19.1. The summed E-state index contributed by atoms with van der Waals surface area (Å²) in [7, 11) is 0. The number of nitrogens with one attached hydrogen (secondary N) is 1. The van der Waals surface area contributed by atoms with Crippen molar-refractivity contribution >= 4 is 11.7 Å². The number of halogens is 1. The fraction of sp³-hybridized carbons (Fsp3) is 0.400. The summed E-state index contributed by atoms with van der Waals surface area (Å²) in [5.41, 5.74) is 1.04. The van der Waals surface area contributed by atoms with Gasteiger partial charge in [-0.3, -0.25) is 4.79 Å². The molecule has 26 heavy (non-hydrogen) atoms. The highest BCUT2D eigenvalue weighted by Crippen LogP contribution is 2.18. The lowest BCUT2D eigenvalue weighted by molar-refractivity contribution is -0.121. The van der Waals surface area contributed by atoms with E-state index in [4.69, 9.17) is 4.74 Å². The number of benzene rings is 1. The zero-order chi connectivity index (χ0) is 18.2. The van der Waals surface area contributed by atoms with E-state index in [2.05, 4.69) is 15.2 Å². The van der Waals surface area contributed by atoms with Gasteiger partial charge >= 0.3 is 0 Å². The average molecular weight is 357 g/mol. The molecule has 1 saturated heterocycles. The molecule has 1 aromatic heterocycles. The number of carbonyl (C=O) groups excluding carboxylic acids is 1. The summed E-state index contributed by atoms with van der Waals surface area (Å²) in [4.78, 5) is 18.7. The SMILES string of the molecule is O=C(CCOc1ccc(F)cc1)NCc1ccnc(N2CCCCC2)c1. The van der Waals surface area contributed by atoms with Gasteiger partial charge in [0.25, 0.3) is 0 Å². The normalized spacial score (nSPS) is 14.1. The first-order valence-corrected chi connectivity index (χ1v) is 9.06. The van der Waals surface area contributed by atoms with E-state index in [9.17, 15) is 9.18 Å². The number of aromatic nitrogens is 1. The zero-order valence-corrected chi connectivity index (χ0v) is 14.8. The average Bonchev–Trinajstić information content (AvgIpc) is 2.69. The fourth-order valence-corrected chi connectivity index (χ4v) is 2.95. The second kappa shape index (κ2) is 9.17. The zero-order valence-electron chi connectivity index (χ0n) is 14.8. The number of pyridine rings is 1. The second-order valence-corrected chi connectivity index (χ2v) is 6.40. The summed E-state index contributed by atoms with van der Waals surface area (Å²) < 4.78 is 18.3. The topological polar surface area (TPSA) is 54.5 Å². The summed E-state index contributed by atoms with van der Waals surface area (Å²) in [5, 5.41) is 2.90. The molecular formula is C20H24FN3O2. The molecule has 6 heteroatoms. The maximum atomic E-state index is 12.8. The first kappa shape index (κ1) is 18.2. The standard InChI is InChI=1S/C20H24FN3O2/c21-17-4-6-18(7-5-17)26-13-9-20(25)23-15-16-8-10-22-19(14-16)24-11-2-1-3-12-24/h4-8,10,14H,1-3,9,11-13,15H2,(H,23,25). The summed E-state index contributed by atoms with van der Waals surface area (Å²) in [6, 6.07) is 9.72. The number of carbonyl (C=O) groups is 1. The molecule has 0 spiro atoms. The lowest BCUT2D eigenvalue weighted by Crippen LogP contribution is -2.30.